The Morgan fingerprint density at radius 3 is 0.553 bits per heavy atom. The van der Waals surface area contributed by atoms with Gasteiger partial charge in [-0.15, -0.1) is 0 Å². The summed E-state index contributed by atoms with van der Waals surface area (Å²) >= 11 is 0. The molecule has 0 heterocycles. The van der Waals surface area contributed by atoms with E-state index in [1.165, 1.54) is 225 Å². The molecule has 0 aliphatic heterocycles. The lowest BCUT2D eigenvalue weighted by atomic mass is 10.0. The molecule has 1 N–H and O–H groups in total. The van der Waals surface area contributed by atoms with Crippen molar-refractivity contribution in [3.63, 3.8) is 0 Å². The Morgan fingerprint density at radius 1 is 0.211 bits per heavy atom. The summed E-state index contributed by atoms with van der Waals surface area (Å²) in [6.45, 7) is 7.11. The van der Waals surface area contributed by atoms with E-state index in [1.807, 2.05) is 0 Å². The average molecular weight is 536 g/mol. The second kappa shape index (κ2) is 37.0. The minimum atomic E-state index is 1.25. The Hall–Kier alpha value is -0.0400. The molecule has 0 radical (unpaired) electrons. The molecule has 0 aliphatic rings. The van der Waals surface area contributed by atoms with E-state index < -0.39 is 0 Å². The van der Waals surface area contributed by atoms with E-state index in [-0.39, 0.29) is 0 Å². The molecule has 0 bridgehead atoms. The lowest BCUT2D eigenvalue weighted by molar-refractivity contribution is 0.515. The molecule has 1 nitrogen and oxygen atoms in total. The molecular weight excluding hydrogens is 458 g/mol. The van der Waals surface area contributed by atoms with Gasteiger partial charge >= 0.3 is 0 Å². The van der Waals surface area contributed by atoms with Crippen LogP contribution < -0.4 is 5.32 Å². The Kier molecular flexibility index (Phi) is 36.9. The minimum Gasteiger partial charge on any atom is -0.317 e. The molecule has 0 unspecified atom stereocenters. The fraction of sp³-hybridized carbons (Fsp3) is 1.00. The van der Waals surface area contributed by atoms with E-state index in [1.54, 1.807) is 0 Å². The Bertz CT molecular complexity index is 343. The molecule has 0 atom stereocenters. The lowest BCUT2D eigenvalue weighted by Crippen LogP contribution is -2.16. The van der Waals surface area contributed by atoms with Gasteiger partial charge in [-0.1, -0.05) is 213 Å². The van der Waals surface area contributed by atoms with E-state index in [4.69, 9.17) is 0 Å². The van der Waals surface area contributed by atoms with Crippen LogP contribution in [0, 0.1) is 0 Å². The number of nitrogens with one attached hydrogen (secondary N) is 1. The van der Waals surface area contributed by atoms with Crippen LogP contribution in [0.4, 0.5) is 0 Å². The van der Waals surface area contributed by atoms with Crippen LogP contribution in [0.3, 0.4) is 0 Å². The van der Waals surface area contributed by atoms with Gasteiger partial charge in [-0.25, -0.2) is 0 Å². The summed E-state index contributed by atoms with van der Waals surface area (Å²) in [6, 6.07) is 0. The van der Waals surface area contributed by atoms with Crippen LogP contribution in [0.5, 0.6) is 0 Å². The SMILES string of the molecule is CCCCCCCCCCCCCCCCCCCCCNCCCCCCCCCCCCCCCC. The second-order valence-electron chi connectivity index (χ2n) is 12.7. The largest absolute Gasteiger partial charge is 0.317 e. The highest BCUT2D eigenvalue weighted by Gasteiger charge is 1.97. The van der Waals surface area contributed by atoms with E-state index in [0.717, 1.165) is 0 Å². The molecular formula is C37H77N. The molecule has 0 saturated heterocycles. The van der Waals surface area contributed by atoms with Crippen molar-refractivity contribution in [1.82, 2.24) is 5.32 Å². The van der Waals surface area contributed by atoms with Gasteiger partial charge in [0.15, 0.2) is 0 Å². The fourth-order valence-corrected chi connectivity index (χ4v) is 5.90. The third-order valence-corrected chi connectivity index (χ3v) is 8.66. The number of hydrogen-bond donors (Lipinski definition) is 1. The smallest absolute Gasteiger partial charge is 0.00489 e. The van der Waals surface area contributed by atoms with Gasteiger partial charge < -0.3 is 5.32 Å². The lowest BCUT2D eigenvalue weighted by Gasteiger charge is -2.06. The van der Waals surface area contributed by atoms with Gasteiger partial charge in [0, 0.05) is 0 Å². The van der Waals surface area contributed by atoms with Crippen molar-refractivity contribution in [2.75, 3.05) is 13.1 Å². The summed E-state index contributed by atoms with van der Waals surface area (Å²) < 4.78 is 0. The van der Waals surface area contributed by atoms with Crippen molar-refractivity contribution in [1.29, 1.82) is 0 Å². The maximum atomic E-state index is 3.69. The van der Waals surface area contributed by atoms with Gasteiger partial charge in [-0.3, -0.25) is 0 Å². The maximum Gasteiger partial charge on any atom is -0.00489 e. The molecule has 0 aromatic rings. The number of unbranched alkanes of at least 4 members (excludes halogenated alkanes) is 31. The van der Waals surface area contributed by atoms with E-state index in [0.29, 0.717) is 0 Å². The van der Waals surface area contributed by atoms with Crippen molar-refractivity contribution in [2.24, 2.45) is 0 Å². The highest BCUT2D eigenvalue weighted by Crippen LogP contribution is 2.15. The quantitative estimate of drug-likeness (QED) is 0.0795. The summed E-state index contributed by atoms with van der Waals surface area (Å²) in [5.41, 5.74) is 0. The second-order valence-corrected chi connectivity index (χ2v) is 12.7. The molecule has 230 valence electrons. The standard InChI is InChI=1S/C37H77N/c1-3-5-7-9-11-13-15-17-19-20-21-22-23-25-27-29-31-33-35-37-38-36-34-32-30-28-26-24-18-16-14-12-10-8-6-4-2/h38H,3-37H2,1-2H3. The van der Waals surface area contributed by atoms with E-state index in [2.05, 4.69) is 19.2 Å². The third kappa shape index (κ3) is 36.0. The summed E-state index contributed by atoms with van der Waals surface area (Å²) in [5, 5.41) is 3.69. The van der Waals surface area contributed by atoms with Crippen molar-refractivity contribution in [3.05, 3.63) is 0 Å². The predicted molar refractivity (Wildman–Crippen MR) is 177 cm³/mol. The first-order valence-electron chi connectivity index (χ1n) is 18.6. The normalized spacial score (nSPS) is 11.5. The van der Waals surface area contributed by atoms with Crippen LogP contribution in [0.2, 0.25) is 0 Å². The van der Waals surface area contributed by atoms with Crippen molar-refractivity contribution >= 4 is 0 Å². The third-order valence-electron chi connectivity index (χ3n) is 8.66. The summed E-state index contributed by atoms with van der Waals surface area (Å²) in [5.74, 6) is 0. The number of rotatable bonds is 35. The monoisotopic (exact) mass is 536 g/mol. The van der Waals surface area contributed by atoms with Gasteiger partial charge in [0.1, 0.15) is 0 Å². The average Bonchev–Trinajstić information content (AvgIpc) is 2.93. The van der Waals surface area contributed by atoms with Crippen LogP contribution in [0.15, 0.2) is 0 Å². The first-order chi connectivity index (χ1) is 18.9. The summed E-state index contributed by atoms with van der Waals surface area (Å²) in [4.78, 5) is 0. The first-order valence-corrected chi connectivity index (χ1v) is 18.6. The molecule has 0 aliphatic carbocycles. The molecule has 0 spiro atoms. The van der Waals surface area contributed by atoms with Gasteiger partial charge in [0.25, 0.3) is 0 Å². The molecule has 38 heavy (non-hydrogen) atoms. The van der Waals surface area contributed by atoms with Gasteiger partial charge in [-0.2, -0.15) is 0 Å². The highest BCUT2D eigenvalue weighted by atomic mass is 14.8. The van der Waals surface area contributed by atoms with Gasteiger partial charge in [-0.05, 0) is 25.9 Å². The van der Waals surface area contributed by atoms with Crippen LogP contribution >= 0.6 is 0 Å². The molecule has 0 saturated carbocycles. The van der Waals surface area contributed by atoms with E-state index >= 15 is 0 Å². The van der Waals surface area contributed by atoms with Crippen LogP contribution in [-0.2, 0) is 0 Å². The number of hydrogen-bond acceptors (Lipinski definition) is 1. The van der Waals surface area contributed by atoms with Crippen LogP contribution in [0.25, 0.3) is 0 Å². The molecule has 1 heteroatoms. The Morgan fingerprint density at radius 2 is 0.368 bits per heavy atom. The van der Waals surface area contributed by atoms with Gasteiger partial charge in [0.2, 0.25) is 0 Å². The van der Waals surface area contributed by atoms with E-state index in [9.17, 15) is 0 Å². The Labute approximate surface area is 243 Å². The summed E-state index contributed by atoms with van der Waals surface area (Å²) in [6.07, 6.45) is 48.2. The molecule has 0 rings (SSSR count). The van der Waals surface area contributed by atoms with Gasteiger partial charge in [0.05, 0.1) is 0 Å². The Balaban J connectivity index is 3.01. The maximum absolute atomic E-state index is 3.69. The zero-order chi connectivity index (χ0) is 27.5. The predicted octanol–water partition coefficient (Wildman–Crippen LogP) is 13.5. The van der Waals surface area contributed by atoms with Crippen molar-refractivity contribution < 1.29 is 0 Å². The van der Waals surface area contributed by atoms with Crippen LogP contribution in [0.1, 0.15) is 226 Å². The molecule has 0 fully saturated rings. The van der Waals surface area contributed by atoms with Crippen LogP contribution in [-0.4, -0.2) is 13.1 Å². The van der Waals surface area contributed by atoms with Crippen molar-refractivity contribution in [2.45, 2.75) is 226 Å². The zero-order valence-electron chi connectivity index (χ0n) is 27.2. The molecule has 0 aromatic heterocycles. The summed E-state index contributed by atoms with van der Waals surface area (Å²) in [7, 11) is 0. The molecule has 0 amide bonds. The fourth-order valence-electron chi connectivity index (χ4n) is 5.90. The molecule has 0 aromatic carbocycles. The first kappa shape index (κ1) is 38.0. The van der Waals surface area contributed by atoms with Crippen molar-refractivity contribution in [3.8, 4) is 0 Å². The highest BCUT2D eigenvalue weighted by molar-refractivity contribution is 4.54. The minimum absolute atomic E-state index is 1.25. The topological polar surface area (TPSA) is 12.0 Å². The zero-order valence-corrected chi connectivity index (χ0v) is 27.2.